The number of aromatic nitrogens is 3. The molecule has 1 aliphatic rings. The molecule has 0 atom stereocenters. The second-order valence-electron chi connectivity index (χ2n) is 4.06. The standard InChI is InChI=1S/C10H8Br2N4O/c11-5-3-6(12)7(14-4-5)8-15-9(17-16-8)10(13)1-2-10/h3-4H,1-2,13H2. The number of rotatable bonds is 2. The van der Waals surface area contributed by atoms with E-state index in [4.69, 9.17) is 10.3 Å². The third-order valence-corrected chi connectivity index (χ3v) is 3.70. The van der Waals surface area contributed by atoms with Gasteiger partial charge in [-0.25, -0.2) is 0 Å². The van der Waals surface area contributed by atoms with Crippen molar-refractivity contribution in [3.63, 3.8) is 0 Å². The molecule has 0 spiro atoms. The van der Waals surface area contributed by atoms with Gasteiger partial charge in [0.15, 0.2) is 0 Å². The number of hydrogen-bond donors (Lipinski definition) is 1. The summed E-state index contributed by atoms with van der Waals surface area (Å²) in [6.45, 7) is 0. The Labute approximate surface area is 114 Å². The van der Waals surface area contributed by atoms with E-state index in [1.807, 2.05) is 6.07 Å². The topological polar surface area (TPSA) is 77.8 Å². The Bertz CT molecular complexity index is 579. The molecule has 1 saturated carbocycles. The van der Waals surface area contributed by atoms with E-state index in [0.717, 1.165) is 21.8 Å². The van der Waals surface area contributed by atoms with Crippen molar-refractivity contribution in [1.82, 2.24) is 15.1 Å². The Balaban J connectivity index is 2.01. The molecule has 88 valence electrons. The largest absolute Gasteiger partial charge is 0.337 e. The summed E-state index contributed by atoms with van der Waals surface area (Å²) in [5, 5.41) is 3.91. The molecule has 0 aliphatic heterocycles. The van der Waals surface area contributed by atoms with Crippen LogP contribution in [0.25, 0.3) is 11.5 Å². The van der Waals surface area contributed by atoms with Gasteiger partial charge in [-0.2, -0.15) is 4.98 Å². The maximum absolute atomic E-state index is 5.99. The second kappa shape index (κ2) is 3.86. The molecule has 0 bridgehead atoms. The predicted octanol–water partition coefficient (Wildman–Crippen LogP) is 2.60. The predicted molar refractivity (Wildman–Crippen MR) is 68.0 cm³/mol. The summed E-state index contributed by atoms with van der Waals surface area (Å²) in [6, 6.07) is 1.88. The van der Waals surface area contributed by atoms with Gasteiger partial charge >= 0.3 is 0 Å². The van der Waals surface area contributed by atoms with E-state index in [-0.39, 0.29) is 0 Å². The van der Waals surface area contributed by atoms with Crippen LogP contribution in [-0.2, 0) is 5.54 Å². The van der Waals surface area contributed by atoms with Gasteiger partial charge in [-0.05, 0) is 50.8 Å². The molecule has 0 radical (unpaired) electrons. The maximum Gasteiger partial charge on any atom is 0.247 e. The molecule has 2 aromatic rings. The zero-order valence-electron chi connectivity index (χ0n) is 8.65. The molecule has 7 heteroatoms. The van der Waals surface area contributed by atoms with Gasteiger partial charge in [0.2, 0.25) is 11.7 Å². The fraction of sp³-hybridized carbons (Fsp3) is 0.300. The Morgan fingerprint density at radius 1 is 1.35 bits per heavy atom. The summed E-state index contributed by atoms with van der Waals surface area (Å²) in [7, 11) is 0. The highest BCUT2D eigenvalue weighted by atomic mass is 79.9. The van der Waals surface area contributed by atoms with Gasteiger partial charge in [0.25, 0.3) is 0 Å². The first-order chi connectivity index (χ1) is 8.08. The van der Waals surface area contributed by atoms with Crippen LogP contribution in [0.1, 0.15) is 18.7 Å². The van der Waals surface area contributed by atoms with Crippen LogP contribution in [0.4, 0.5) is 0 Å². The van der Waals surface area contributed by atoms with Crippen LogP contribution in [0, 0.1) is 0 Å². The van der Waals surface area contributed by atoms with E-state index < -0.39 is 5.54 Å². The normalized spacial score (nSPS) is 17.1. The molecule has 2 N–H and O–H groups in total. The van der Waals surface area contributed by atoms with Gasteiger partial charge in [-0.15, -0.1) is 0 Å². The Kier molecular flexibility index (Phi) is 2.57. The van der Waals surface area contributed by atoms with Gasteiger partial charge in [-0.3, -0.25) is 4.98 Å². The number of nitrogens with two attached hydrogens (primary N) is 1. The van der Waals surface area contributed by atoms with Crippen molar-refractivity contribution in [2.75, 3.05) is 0 Å². The summed E-state index contributed by atoms with van der Waals surface area (Å²) in [5.41, 5.74) is 6.22. The van der Waals surface area contributed by atoms with Gasteiger partial charge in [0, 0.05) is 15.1 Å². The summed E-state index contributed by atoms with van der Waals surface area (Å²) >= 11 is 6.75. The molecule has 0 unspecified atom stereocenters. The first-order valence-corrected chi connectivity index (χ1v) is 6.62. The number of nitrogens with zero attached hydrogens (tertiary/aromatic N) is 3. The molecule has 1 aliphatic carbocycles. The molecule has 0 saturated heterocycles. The quantitative estimate of drug-likeness (QED) is 0.891. The highest BCUT2D eigenvalue weighted by Gasteiger charge is 2.45. The van der Waals surface area contributed by atoms with Gasteiger partial charge in [0.05, 0.1) is 5.54 Å². The fourth-order valence-corrected chi connectivity index (χ4v) is 2.61. The van der Waals surface area contributed by atoms with Crippen LogP contribution in [0.15, 0.2) is 25.7 Å². The summed E-state index contributed by atoms with van der Waals surface area (Å²) in [5.74, 6) is 0.945. The second-order valence-corrected chi connectivity index (χ2v) is 5.83. The Morgan fingerprint density at radius 2 is 2.12 bits per heavy atom. The maximum atomic E-state index is 5.99. The lowest BCUT2D eigenvalue weighted by molar-refractivity contribution is 0.348. The minimum absolute atomic E-state index is 0.410. The highest BCUT2D eigenvalue weighted by Crippen LogP contribution is 2.42. The average Bonchev–Trinajstić information content (AvgIpc) is 2.85. The SMILES string of the molecule is NC1(c2nc(-c3ncc(Br)cc3Br)no2)CC1. The molecule has 17 heavy (non-hydrogen) atoms. The van der Waals surface area contributed by atoms with E-state index in [2.05, 4.69) is 47.0 Å². The third-order valence-electron chi connectivity index (χ3n) is 2.66. The van der Waals surface area contributed by atoms with Crippen LogP contribution < -0.4 is 5.73 Å². The van der Waals surface area contributed by atoms with Crippen molar-refractivity contribution >= 4 is 31.9 Å². The minimum atomic E-state index is -0.410. The van der Waals surface area contributed by atoms with Crippen molar-refractivity contribution in [1.29, 1.82) is 0 Å². The van der Waals surface area contributed by atoms with Gasteiger partial charge in [-0.1, -0.05) is 5.16 Å². The number of pyridine rings is 1. The third kappa shape index (κ3) is 2.02. The Morgan fingerprint density at radius 3 is 2.76 bits per heavy atom. The van der Waals surface area contributed by atoms with Gasteiger partial charge in [0.1, 0.15) is 5.69 Å². The number of halogens is 2. The van der Waals surface area contributed by atoms with Gasteiger partial charge < -0.3 is 10.3 Å². The molecular formula is C10H8Br2N4O. The Hall–Kier alpha value is -0.790. The molecule has 2 aromatic heterocycles. The number of hydrogen-bond acceptors (Lipinski definition) is 5. The fourth-order valence-electron chi connectivity index (χ4n) is 1.45. The smallest absolute Gasteiger partial charge is 0.247 e. The molecule has 1 fully saturated rings. The first kappa shape index (κ1) is 11.3. The molecule has 0 aromatic carbocycles. The molecule has 3 rings (SSSR count). The van der Waals surface area contributed by atoms with E-state index in [0.29, 0.717) is 17.4 Å². The van der Waals surface area contributed by atoms with Crippen molar-refractivity contribution in [3.05, 3.63) is 27.1 Å². The van der Waals surface area contributed by atoms with Crippen molar-refractivity contribution < 1.29 is 4.52 Å². The van der Waals surface area contributed by atoms with Crippen LogP contribution in [-0.4, -0.2) is 15.1 Å². The molecule has 5 nitrogen and oxygen atoms in total. The lowest BCUT2D eigenvalue weighted by atomic mass is 10.3. The van der Waals surface area contributed by atoms with Crippen molar-refractivity contribution in [3.8, 4) is 11.5 Å². The first-order valence-electron chi connectivity index (χ1n) is 5.03. The molecule has 0 amide bonds. The monoisotopic (exact) mass is 358 g/mol. The van der Waals surface area contributed by atoms with Crippen LogP contribution >= 0.6 is 31.9 Å². The van der Waals surface area contributed by atoms with E-state index in [1.165, 1.54) is 0 Å². The van der Waals surface area contributed by atoms with Crippen molar-refractivity contribution in [2.45, 2.75) is 18.4 Å². The van der Waals surface area contributed by atoms with Crippen LogP contribution in [0.5, 0.6) is 0 Å². The summed E-state index contributed by atoms with van der Waals surface area (Å²) in [4.78, 5) is 8.54. The molecular weight excluding hydrogens is 352 g/mol. The van der Waals surface area contributed by atoms with Crippen molar-refractivity contribution in [2.24, 2.45) is 5.73 Å². The average molecular weight is 360 g/mol. The lowest BCUT2D eigenvalue weighted by Crippen LogP contribution is -2.18. The summed E-state index contributed by atoms with van der Waals surface area (Å²) in [6.07, 6.45) is 3.47. The van der Waals surface area contributed by atoms with E-state index in [9.17, 15) is 0 Å². The zero-order valence-corrected chi connectivity index (χ0v) is 11.8. The van der Waals surface area contributed by atoms with Crippen LogP contribution in [0.2, 0.25) is 0 Å². The molecule has 2 heterocycles. The zero-order chi connectivity index (χ0) is 12.0. The van der Waals surface area contributed by atoms with Crippen LogP contribution in [0.3, 0.4) is 0 Å². The lowest BCUT2D eigenvalue weighted by Gasteiger charge is -1.99. The summed E-state index contributed by atoms with van der Waals surface area (Å²) < 4.78 is 6.86. The van der Waals surface area contributed by atoms with E-state index >= 15 is 0 Å². The van der Waals surface area contributed by atoms with E-state index in [1.54, 1.807) is 6.20 Å². The highest BCUT2D eigenvalue weighted by molar-refractivity contribution is 9.11. The minimum Gasteiger partial charge on any atom is -0.337 e.